The smallest absolute Gasteiger partial charge is 0.174 e. The Balaban J connectivity index is 1.86. The molecule has 1 fully saturated rings. The molecular weight excluding hydrogens is 252 g/mol. The van der Waals surface area contributed by atoms with Crippen molar-refractivity contribution in [1.29, 1.82) is 5.26 Å². The van der Waals surface area contributed by atoms with E-state index in [0.717, 1.165) is 10.8 Å². The van der Waals surface area contributed by atoms with Crippen LogP contribution >= 0.6 is 23.1 Å². The number of hydrogen-bond donors (Lipinski definition) is 1. The number of thioether (sulfide) groups is 1. The standard InChI is InChI=1S/C11H16N4S2/c1-8(17-10-15-13-7-16-10)5-11(2,6-12)14-9-3-4-9/h7-9,14H,3-5H2,1-2H3. The lowest BCUT2D eigenvalue weighted by atomic mass is 9.98. The van der Waals surface area contributed by atoms with Crippen LogP contribution in [0.5, 0.6) is 0 Å². The van der Waals surface area contributed by atoms with Crippen LogP contribution in [0.4, 0.5) is 0 Å². The average Bonchev–Trinajstić information content (AvgIpc) is 2.92. The lowest BCUT2D eigenvalue weighted by Crippen LogP contribution is -2.44. The Kier molecular flexibility index (Phi) is 4.02. The molecule has 0 bridgehead atoms. The van der Waals surface area contributed by atoms with E-state index in [-0.39, 0.29) is 0 Å². The number of rotatable bonds is 6. The van der Waals surface area contributed by atoms with Crippen LogP contribution in [0.1, 0.15) is 33.1 Å². The molecule has 2 atom stereocenters. The van der Waals surface area contributed by atoms with Crippen LogP contribution in [0.25, 0.3) is 0 Å². The number of nitrogens with one attached hydrogen (secondary N) is 1. The first-order valence-electron chi connectivity index (χ1n) is 5.73. The van der Waals surface area contributed by atoms with Crippen molar-refractivity contribution in [2.75, 3.05) is 0 Å². The van der Waals surface area contributed by atoms with Gasteiger partial charge >= 0.3 is 0 Å². The highest BCUT2D eigenvalue weighted by molar-refractivity contribution is 8.01. The van der Waals surface area contributed by atoms with E-state index in [9.17, 15) is 5.26 Å². The average molecular weight is 268 g/mol. The van der Waals surface area contributed by atoms with Crippen molar-refractivity contribution in [1.82, 2.24) is 15.5 Å². The van der Waals surface area contributed by atoms with E-state index in [1.165, 1.54) is 12.8 Å². The Morgan fingerprint density at radius 2 is 2.53 bits per heavy atom. The second-order valence-electron chi connectivity index (χ2n) is 4.70. The summed E-state index contributed by atoms with van der Waals surface area (Å²) in [5, 5.41) is 20.9. The molecule has 2 rings (SSSR count). The van der Waals surface area contributed by atoms with Gasteiger partial charge in [0.15, 0.2) is 4.34 Å². The molecule has 0 aliphatic heterocycles. The molecule has 0 spiro atoms. The Labute approximate surface area is 110 Å². The summed E-state index contributed by atoms with van der Waals surface area (Å²) in [6.07, 6.45) is 3.23. The van der Waals surface area contributed by atoms with E-state index >= 15 is 0 Å². The molecule has 2 unspecified atom stereocenters. The monoisotopic (exact) mass is 268 g/mol. The molecule has 1 aliphatic rings. The van der Waals surface area contributed by atoms with E-state index in [0.29, 0.717) is 11.3 Å². The van der Waals surface area contributed by atoms with Gasteiger partial charge in [-0.3, -0.25) is 5.32 Å². The number of nitrogens with zero attached hydrogens (tertiary/aromatic N) is 3. The zero-order valence-electron chi connectivity index (χ0n) is 10.0. The van der Waals surface area contributed by atoms with Crippen LogP contribution in [0.2, 0.25) is 0 Å². The second kappa shape index (κ2) is 5.34. The molecule has 0 saturated heterocycles. The van der Waals surface area contributed by atoms with Crippen LogP contribution in [0.3, 0.4) is 0 Å². The van der Waals surface area contributed by atoms with E-state index in [1.54, 1.807) is 28.6 Å². The number of nitriles is 1. The molecule has 1 aliphatic carbocycles. The van der Waals surface area contributed by atoms with Gasteiger partial charge in [0, 0.05) is 11.3 Å². The lowest BCUT2D eigenvalue weighted by Gasteiger charge is -2.25. The first kappa shape index (κ1) is 12.8. The summed E-state index contributed by atoms with van der Waals surface area (Å²) in [4.78, 5) is 0. The normalized spacial score (nSPS) is 20.5. The molecule has 1 saturated carbocycles. The number of aromatic nitrogens is 2. The van der Waals surface area contributed by atoms with Crippen molar-refractivity contribution in [3.8, 4) is 6.07 Å². The molecule has 92 valence electrons. The van der Waals surface area contributed by atoms with Crippen LogP contribution in [-0.4, -0.2) is 27.0 Å². The highest BCUT2D eigenvalue weighted by Crippen LogP contribution is 2.31. The molecule has 0 amide bonds. The quantitative estimate of drug-likeness (QED) is 0.803. The van der Waals surface area contributed by atoms with E-state index in [1.807, 2.05) is 6.92 Å². The summed E-state index contributed by atoms with van der Waals surface area (Å²) in [6, 6.07) is 2.96. The first-order chi connectivity index (χ1) is 8.11. The van der Waals surface area contributed by atoms with Crippen LogP contribution in [0.15, 0.2) is 9.85 Å². The molecule has 0 radical (unpaired) electrons. The maximum Gasteiger partial charge on any atom is 0.174 e. The van der Waals surface area contributed by atoms with Gasteiger partial charge in [-0.2, -0.15) is 5.26 Å². The minimum absolute atomic E-state index is 0.360. The van der Waals surface area contributed by atoms with Crippen LogP contribution in [-0.2, 0) is 0 Å². The summed E-state index contributed by atoms with van der Waals surface area (Å²) < 4.78 is 0.976. The molecule has 1 aromatic heterocycles. The van der Waals surface area contributed by atoms with Crippen LogP contribution in [0, 0.1) is 11.3 Å². The predicted octanol–water partition coefficient (Wildman–Crippen LogP) is 2.44. The Morgan fingerprint density at radius 1 is 1.76 bits per heavy atom. The van der Waals surface area contributed by atoms with Crippen molar-refractivity contribution in [2.24, 2.45) is 0 Å². The van der Waals surface area contributed by atoms with Crippen molar-refractivity contribution >= 4 is 23.1 Å². The Morgan fingerprint density at radius 3 is 3.06 bits per heavy atom. The molecule has 4 nitrogen and oxygen atoms in total. The third-order valence-corrected chi connectivity index (χ3v) is 4.60. The topological polar surface area (TPSA) is 61.6 Å². The van der Waals surface area contributed by atoms with Gasteiger partial charge in [-0.15, -0.1) is 10.2 Å². The SMILES string of the molecule is CC(CC(C)(C#N)NC1CC1)Sc1nncs1. The van der Waals surface area contributed by atoms with Gasteiger partial charge in [0.1, 0.15) is 11.0 Å². The summed E-state index contributed by atoms with van der Waals surface area (Å²) in [5.74, 6) is 0. The maximum absolute atomic E-state index is 9.29. The Hall–Kier alpha value is -0.640. The van der Waals surface area contributed by atoms with E-state index in [4.69, 9.17) is 0 Å². The fourth-order valence-corrected chi connectivity index (χ4v) is 3.80. The largest absolute Gasteiger partial charge is 0.297 e. The van der Waals surface area contributed by atoms with Crippen molar-refractivity contribution < 1.29 is 0 Å². The zero-order valence-corrected chi connectivity index (χ0v) is 11.6. The fraction of sp³-hybridized carbons (Fsp3) is 0.727. The van der Waals surface area contributed by atoms with Gasteiger partial charge in [0.25, 0.3) is 0 Å². The lowest BCUT2D eigenvalue weighted by molar-refractivity contribution is 0.414. The molecular formula is C11H16N4S2. The highest BCUT2D eigenvalue weighted by atomic mass is 32.2. The molecule has 1 aromatic rings. The van der Waals surface area contributed by atoms with Gasteiger partial charge in [0.2, 0.25) is 0 Å². The Bertz CT molecular complexity index is 396. The summed E-state index contributed by atoms with van der Waals surface area (Å²) in [7, 11) is 0. The highest BCUT2D eigenvalue weighted by Gasteiger charge is 2.33. The minimum Gasteiger partial charge on any atom is -0.297 e. The summed E-state index contributed by atoms with van der Waals surface area (Å²) in [5.41, 5.74) is 1.32. The minimum atomic E-state index is -0.418. The summed E-state index contributed by atoms with van der Waals surface area (Å²) >= 11 is 3.24. The third-order valence-electron chi connectivity index (χ3n) is 2.68. The third kappa shape index (κ3) is 3.95. The fourth-order valence-electron chi connectivity index (χ4n) is 1.82. The van der Waals surface area contributed by atoms with Gasteiger partial charge in [-0.05, 0) is 26.2 Å². The van der Waals surface area contributed by atoms with Crippen LogP contribution < -0.4 is 5.32 Å². The van der Waals surface area contributed by atoms with Gasteiger partial charge < -0.3 is 0 Å². The van der Waals surface area contributed by atoms with Crippen molar-refractivity contribution in [3.05, 3.63) is 5.51 Å². The van der Waals surface area contributed by atoms with Gasteiger partial charge in [-0.25, -0.2) is 0 Å². The molecule has 17 heavy (non-hydrogen) atoms. The van der Waals surface area contributed by atoms with Gasteiger partial charge in [0.05, 0.1) is 6.07 Å². The second-order valence-corrected chi connectivity index (χ2v) is 7.22. The summed E-state index contributed by atoms with van der Waals surface area (Å²) in [6.45, 7) is 4.12. The van der Waals surface area contributed by atoms with Gasteiger partial charge in [-0.1, -0.05) is 30.0 Å². The predicted molar refractivity (Wildman–Crippen MR) is 70.0 cm³/mol. The molecule has 6 heteroatoms. The zero-order chi connectivity index (χ0) is 12.3. The van der Waals surface area contributed by atoms with Crippen molar-refractivity contribution in [2.45, 2.75) is 54.3 Å². The first-order valence-corrected chi connectivity index (χ1v) is 7.49. The maximum atomic E-state index is 9.29. The molecule has 1 N–H and O–H groups in total. The van der Waals surface area contributed by atoms with E-state index in [2.05, 4.69) is 28.5 Å². The number of hydrogen-bond acceptors (Lipinski definition) is 6. The molecule has 1 heterocycles. The molecule has 0 aromatic carbocycles. The van der Waals surface area contributed by atoms with E-state index < -0.39 is 5.54 Å². The van der Waals surface area contributed by atoms with Crippen molar-refractivity contribution in [3.63, 3.8) is 0 Å².